The molecule has 1 N–H and O–H groups in total. The van der Waals surface area contributed by atoms with Crippen LogP contribution >= 0.6 is 0 Å². The van der Waals surface area contributed by atoms with Crippen LogP contribution in [0, 0.1) is 19.7 Å². The first kappa shape index (κ1) is 13.8. The molecule has 0 aliphatic rings. The van der Waals surface area contributed by atoms with Crippen LogP contribution < -0.4 is 5.32 Å². The van der Waals surface area contributed by atoms with Crippen molar-refractivity contribution in [3.8, 4) is 0 Å². The quantitative estimate of drug-likeness (QED) is 0.879. The van der Waals surface area contributed by atoms with Crippen molar-refractivity contribution in [1.29, 1.82) is 0 Å². The topological polar surface area (TPSA) is 25.2 Å². The van der Waals surface area contributed by atoms with Gasteiger partial charge in [0.15, 0.2) is 0 Å². The van der Waals surface area contributed by atoms with Crippen molar-refractivity contribution in [2.75, 3.05) is 0 Å². The first-order valence-electron chi connectivity index (χ1n) is 6.56. The lowest BCUT2D eigenvalue weighted by Gasteiger charge is -2.19. The molecule has 2 atom stereocenters. The van der Waals surface area contributed by atoms with Crippen molar-refractivity contribution in [3.63, 3.8) is 0 Å². The summed E-state index contributed by atoms with van der Waals surface area (Å²) in [7, 11) is 0. The predicted molar refractivity (Wildman–Crippen MR) is 74.5 cm³/mol. The summed E-state index contributed by atoms with van der Waals surface area (Å²) in [4.78, 5) is 0. The van der Waals surface area contributed by atoms with E-state index in [0.29, 0.717) is 5.56 Å². The normalized spacial score (nSPS) is 14.4. The standard InChI is InChI=1S/C16H20FNO/c1-10-5-7-14(9-15(10)17)12(3)18-13(4)16-8-6-11(2)19-16/h5-9,12-13,18H,1-4H3. The van der Waals surface area contributed by atoms with Gasteiger partial charge in [-0.1, -0.05) is 12.1 Å². The van der Waals surface area contributed by atoms with Gasteiger partial charge in [-0.25, -0.2) is 4.39 Å². The number of nitrogens with one attached hydrogen (secondary N) is 1. The summed E-state index contributed by atoms with van der Waals surface area (Å²) in [5.41, 5.74) is 1.61. The van der Waals surface area contributed by atoms with Gasteiger partial charge in [-0.15, -0.1) is 0 Å². The van der Waals surface area contributed by atoms with Gasteiger partial charge in [0, 0.05) is 6.04 Å². The van der Waals surface area contributed by atoms with Gasteiger partial charge in [0.2, 0.25) is 0 Å². The Bertz CT molecular complexity index is 562. The molecule has 0 saturated carbocycles. The highest BCUT2D eigenvalue weighted by Crippen LogP contribution is 2.22. The summed E-state index contributed by atoms with van der Waals surface area (Å²) in [6.07, 6.45) is 0. The maximum absolute atomic E-state index is 13.6. The molecule has 2 rings (SSSR count). The minimum Gasteiger partial charge on any atom is -0.465 e. The van der Waals surface area contributed by atoms with E-state index in [1.165, 1.54) is 0 Å². The van der Waals surface area contributed by atoms with Gasteiger partial charge < -0.3 is 9.73 Å². The molecule has 2 nitrogen and oxygen atoms in total. The smallest absolute Gasteiger partial charge is 0.126 e. The molecule has 0 bridgehead atoms. The summed E-state index contributed by atoms with van der Waals surface area (Å²) in [5.74, 6) is 1.64. The fraction of sp³-hybridized carbons (Fsp3) is 0.375. The summed E-state index contributed by atoms with van der Waals surface area (Å²) in [5, 5.41) is 3.41. The number of furan rings is 1. The van der Waals surface area contributed by atoms with E-state index in [1.807, 2.05) is 45.0 Å². The Balaban J connectivity index is 2.07. The zero-order chi connectivity index (χ0) is 14.0. The van der Waals surface area contributed by atoms with Crippen molar-refractivity contribution in [2.45, 2.75) is 39.8 Å². The molecule has 2 unspecified atom stereocenters. The Labute approximate surface area is 113 Å². The first-order valence-corrected chi connectivity index (χ1v) is 6.56. The maximum Gasteiger partial charge on any atom is 0.126 e. The van der Waals surface area contributed by atoms with Gasteiger partial charge in [-0.3, -0.25) is 0 Å². The molecule has 1 heterocycles. The van der Waals surface area contributed by atoms with Crippen LogP contribution in [0.2, 0.25) is 0 Å². The van der Waals surface area contributed by atoms with Crippen LogP contribution in [0.5, 0.6) is 0 Å². The summed E-state index contributed by atoms with van der Waals surface area (Å²) in [6.45, 7) is 7.76. The van der Waals surface area contributed by atoms with Gasteiger partial charge >= 0.3 is 0 Å². The zero-order valence-corrected chi connectivity index (χ0v) is 11.8. The minimum absolute atomic E-state index is 0.0653. The molecular formula is C16H20FNO. The minimum atomic E-state index is -0.160. The number of benzene rings is 1. The van der Waals surface area contributed by atoms with Gasteiger partial charge in [-0.05, 0) is 57.0 Å². The van der Waals surface area contributed by atoms with E-state index >= 15 is 0 Å². The number of hydrogen-bond acceptors (Lipinski definition) is 2. The number of rotatable bonds is 4. The molecule has 0 fully saturated rings. The fourth-order valence-electron chi connectivity index (χ4n) is 2.12. The molecule has 0 spiro atoms. The van der Waals surface area contributed by atoms with Crippen LogP contribution in [-0.4, -0.2) is 0 Å². The Morgan fingerprint density at radius 2 is 1.79 bits per heavy atom. The van der Waals surface area contributed by atoms with E-state index in [-0.39, 0.29) is 17.9 Å². The Morgan fingerprint density at radius 1 is 1.05 bits per heavy atom. The van der Waals surface area contributed by atoms with Crippen molar-refractivity contribution in [1.82, 2.24) is 5.32 Å². The second-order valence-electron chi connectivity index (χ2n) is 5.07. The van der Waals surface area contributed by atoms with Crippen LogP contribution in [0.1, 0.15) is 48.6 Å². The van der Waals surface area contributed by atoms with Crippen molar-refractivity contribution < 1.29 is 8.81 Å². The molecule has 19 heavy (non-hydrogen) atoms. The van der Waals surface area contributed by atoms with E-state index in [0.717, 1.165) is 17.1 Å². The Hall–Kier alpha value is -1.61. The lowest BCUT2D eigenvalue weighted by Crippen LogP contribution is -2.22. The monoisotopic (exact) mass is 261 g/mol. The number of hydrogen-bond donors (Lipinski definition) is 1. The SMILES string of the molecule is Cc1ccc(C(C)NC(C)c2ccc(C)c(F)c2)o1. The van der Waals surface area contributed by atoms with Crippen molar-refractivity contribution in [3.05, 3.63) is 58.8 Å². The summed E-state index contributed by atoms with van der Waals surface area (Å²) < 4.78 is 19.1. The molecule has 1 aromatic heterocycles. The van der Waals surface area contributed by atoms with Gasteiger partial charge in [0.1, 0.15) is 17.3 Å². The largest absolute Gasteiger partial charge is 0.465 e. The third kappa shape index (κ3) is 3.24. The van der Waals surface area contributed by atoms with E-state index in [4.69, 9.17) is 4.42 Å². The Morgan fingerprint density at radius 3 is 2.37 bits per heavy atom. The highest BCUT2D eigenvalue weighted by Gasteiger charge is 2.14. The highest BCUT2D eigenvalue weighted by atomic mass is 19.1. The molecule has 102 valence electrons. The van der Waals surface area contributed by atoms with Crippen molar-refractivity contribution in [2.24, 2.45) is 0 Å². The average molecular weight is 261 g/mol. The first-order chi connectivity index (χ1) is 8.97. The summed E-state index contributed by atoms with van der Waals surface area (Å²) >= 11 is 0. The summed E-state index contributed by atoms with van der Waals surface area (Å²) in [6, 6.07) is 9.43. The second kappa shape index (κ2) is 5.57. The van der Waals surface area contributed by atoms with Crippen LogP contribution in [0.4, 0.5) is 4.39 Å². The maximum atomic E-state index is 13.6. The Kier molecular flexibility index (Phi) is 4.05. The lowest BCUT2D eigenvalue weighted by molar-refractivity contribution is 0.392. The number of halogens is 1. The molecule has 0 radical (unpaired) electrons. The van der Waals surface area contributed by atoms with E-state index in [1.54, 1.807) is 13.0 Å². The molecular weight excluding hydrogens is 241 g/mol. The third-order valence-electron chi connectivity index (χ3n) is 3.38. The van der Waals surface area contributed by atoms with Gasteiger partial charge in [0.25, 0.3) is 0 Å². The zero-order valence-electron chi connectivity index (χ0n) is 11.8. The number of aryl methyl sites for hydroxylation is 2. The average Bonchev–Trinajstić information content (AvgIpc) is 2.79. The molecule has 0 amide bonds. The van der Waals surface area contributed by atoms with E-state index < -0.39 is 0 Å². The molecule has 3 heteroatoms. The molecule has 0 aliphatic carbocycles. The van der Waals surface area contributed by atoms with Crippen LogP contribution in [0.25, 0.3) is 0 Å². The van der Waals surface area contributed by atoms with Crippen molar-refractivity contribution >= 4 is 0 Å². The van der Waals surface area contributed by atoms with E-state index in [9.17, 15) is 4.39 Å². The van der Waals surface area contributed by atoms with E-state index in [2.05, 4.69) is 5.32 Å². The van der Waals surface area contributed by atoms with Gasteiger partial charge in [0.05, 0.1) is 6.04 Å². The van der Waals surface area contributed by atoms with Gasteiger partial charge in [-0.2, -0.15) is 0 Å². The molecule has 0 saturated heterocycles. The second-order valence-corrected chi connectivity index (χ2v) is 5.07. The highest BCUT2D eigenvalue weighted by molar-refractivity contribution is 5.25. The molecule has 0 aliphatic heterocycles. The fourth-order valence-corrected chi connectivity index (χ4v) is 2.12. The molecule has 2 aromatic rings. The van der Waals surface area contributed by atoms with Crippen LogP contribution in [0.15, 0.2) is 34.7 Å². The van der Waals surface area contributed by atoms with Crippen LogP contribution in [-0.2, 0) is 0 Å². The van der Waals surface area contributed by atoms with Crippen LogP contribution in [0.3, 0.4) is 0 Å². The molecule has 1 aromatic carbocycles. The predicted octanol–water partition coefficient (Wildman–Crippen LogP) is 4.45. The lowest BCUT2D eigenvalue weighted by atomic mass is 10.0. The third-order valence-corrected chi connectivity index (χ3v) is 3.38.